The van der Waals surface area contributed by atoms with Gasteiger partial charge >= 0.3 is 0 Å². The van der Waals surface area contributed by atoms with Crippen LogP contribution < -0.4 is 0 Å². The average molecular weight is 167 g/mol. The second kappa shape index (κ2) is 2.81. The van der Waals surface area contributed by atoms with Crippen LogP contribution in [0.5, 0.6) is 11.6 Å². The monoisotopic (exact) mass is 167 g/mol. The van der Waals surface area contributed by atoms with Gasteiger partial charge in [-0.05, 0) is 13.8 Å². The Hall–Kier alpha value is -1.58. The highest BCUT2D eigenvalue weighted by molar-refractivity contribution is 5.98. The molecule has 0 aliphatic heterocycles. The lowest BCUT2D eigenvalue weighted by Gasteiger charge is -2.03. The lowest BCUT2D eigenvalue weighted by Crippen LogP contribution is -1.96. The van der Waals surface area contributed by atoms with E-state index in [4.69, 9.17) is 5.11 Å². The molecule has 0 unspecified atom stereocenters. The Labute approximate surface area is 69.5 Å². The molecule has 2 N–H and O–H groups in total. The number of carbonyl (C=O) groups excluding carboxylic acids is 1. The number of aromatic hydroxyl groups is 2. The van der Waals surface area contributed by atoms with Crippen molar-refractivity contribution in [2.75, 3.05) is 0 Å². The summed E-state index contributed by atoms with van der Waals surface area (Å²) >= 11 is 0. The zero-order chi connectivity index (χ0) is 9.30. The minimum atomic E-state index is -0.417. The second-order valence-electron chi connectivity index (χ2n) is 2.54. The fraction of sp³-hybridized carbons (Fsp3) is 0.250. The van der Waals surface area contributed by atoms with Crippen molar-refractivity contribution in [3.8, 4) is 11.6 Å². The molecule has 1 aromatic heterocycles. The number of aromatic nitrogens is 1. The van der Waals surface area contributed by atoms with E-state index in [0.29, 0.717) is 5.69 Å². The van der Waals surface area contributed by atoms with Crippen LogP contribution in [0.15, 0.2) is 6.07 Å². The molecule has 1 aromatic rings. The summed E-state index contributed by atoms with van der Waals surface area (Å²) in [4.78, 5) is 14.5. The summed E-state index contributed by atoms with van der Waals surface area (Å²) in [6.45, 7) is 2.87. The van der Waals surface area contributed by atoms with Gasteiger partial charge in [0.25, 0.3) is 0 Å². The molecule has 0 aliphatic rings. The summed E-state index contributed by atoms with van der Waals surface area (Å²) in [5.41, 5.74) is 0.343. The smallest absolute Gasteiger partial charge is 0.225 e. The molecule has 4 nitrogen and oxygen atoms in total. The van der Waals surface area contributed by atoms with Crippen LogP contribution >= 0.6 is 0 Å². The lowest BCUT2D eigenvalue weighted by molar-refractivity contribution is 0.101. The van der Waals surface area contributed by atoms with Crippen molar-refractivity contribution in [3.05, 3.63) is 17.3 Å². The van der Waals surface area contributed by atoms with Crippen molar-refractivity contribution in [1.29, 1.82) is 0 Å². The second-order valence-corrected chi connectivity index (χ2v) is 2.54. The van der Waals surface area contributed by atoms with Gasteiger partial charge in [-0.3, -0.25) is 4.79 Å². The van der Waals surface area contributed by atoms with Crippen molar-refractivity contribution < 1.29 is 15.0 Å². The molecule has 0 aliphatic carbocycles. The van der Waals surface area contributed by atoms with Crippen molar-refractivity contribution in [2.24, 2.45) is 0 Å². The van der Waals surface area contributed by atoms with E-state index >= 15 is 0 Å². The number of carbonyl (C=O) groups is 1. The molecule has 4 heteroatoms. The minimum Gasteiger partial charge on any atom is -0.507 e. The lowest BCUT2D eigenvalue weighted by atomic mass is 10.1. The van der Waals surface area contributed by atoms with E-state index in [-0.39, 0.29) is 11.3 Å². The van der Waals surface area contributed by atoms with Crippen LogP contribution in [-0.4, -0.2) is 21.0 Å². The van der Waals surface area contributed by atoms with Gasteiger partial charge in [0.1, 0.15) is 11.3 Å². The zero-order valence-corrected chi connectivity index (χ0v) is 6.83. The number of ketones is 1. The van der Waals surface area contributed by atoms with Crippen molar-refractivity contribution in [3.63, 3.8) is 0 Å². The van der Waals surface area contributed by atoms with Gasteiger partial charge in [0.2, 0.25) is 5.88 Å². The fourth-order valence-electron chi connectivity index (χ4n) is 0.978. The van der Waals surface area contributed by atoms with Crippen LogP contribution in [-0.2, 0) is 0 Å². The van der Waals surface area contributed by atoms with Gasteiger partial charge in [-0.1, -0.05) is 0 Å². The molecule has 0 amide bonds. The number of hydrogen-bond donors (Lipinski definition) is 2. The van der Waals surface area contributed by atoms with E-state index in [1.54, 1.807) is 6.92 Å². The molecular weight excluding hydrogens is 158 g/mol. The standard InChI is InChI=1S/C8H9NO3/c1-4-3-6(11)7(5(2)10)8(12)9-4/h3H,1-2H3,(H2,9,11,12). The Balaban J connectivity index is 3.38. The molecule has 0 saturated heterocycles. The summed E-state index contributed by atoms with van der Waals surface area (Å²) < 4.78 is 0. The number of pyridine rings is 1. The van der Waals surface area contributed by atoms with Crippen molar-refractivity contribution >= 4 is 5.78 Å². The van der Waals surface area contributed by atoms with Gasteiger partial charge < -0.3 is 10.2 Å². The van der Waals surface area contributed by atoms with Gasteiger partial charge in [-0.25, -0.2) is 4.98 Å². The maximum absolute atomic E-state index is 10.8. The molecule has 0 atom stereocenters. The molecule has 0 radical (unpaired) electrons. The van der Waals surface area contributed by atoms with Crippen LogP contribution in [0.2, 0.25) is 0 Å². The van der Waals surface area contributed by atoms with Gasteiger partial charge in [-0.15, -0.1) is 0 Å². The first-order valence-electron chi connectivity index (χ1n) is 3.43. The Morgan fingerprint density at radius 3 is 2.50 bits per heavy atom. The third-order valence-corrected chi connectivity index (χ3v) is 1.46. The minimum absolute atomic E-state index is 0.124. The topological polar surface area (TPSA) is 70.4 Å². The van der Waals surface area contributed by atoms with Gasteiger partial charge in [0.15, 0.2) is 5.78 Å². The molecule has 1 heterocycles. The number of nitrogens with zero attached hydrogens (tertiary/aromatic N) is 1. The van der Waals surface area contributed by atoms with E-state index in [9.17, 15) is 9.90 Å². The predicted molar refractivity (Wildman–Crippen MR) is 42.3 cm³/mol. The summed E-state index contributed by atoms with van der Waals surface area (Å²) in [7, 11) is 0. The van der Waals surface area contributed by atoms with Crippen molar-refractivity contribution in [2.45, 2.75) is 13.8 Å². The molecule has 1 rings (SSSR count). The Morgan fingerprint density at radius 1 is 1.50 bits per heavy atom. The van der Waals surface area contributed by atoms with Crippen LogP contribution in [0.3, 0.4) is 0 Å². The van der Waals surface area contributed by atoms with Crippen LogP contribution in [0.25, 0.3) is 0 Å². The molecule has 0 aromatic carbocycles. The molecule has 0 fully saturated rings. The van der Waals surface area contributed by atoms with Crippen LogP contribution in [0.1, 0.15) is 23.0 Å². The van der Waals surface area contributed by atoms with Crippen LogP contribution in [0, 0.1) is 6.92 Å². The molecule has 0 bridgehead atoms. The SMILES string of the molecule is CC(=O)c1c(O)cc(C)nc1O. The average Bonchev–Trinajstić information content (AvgIpc) is 1.82. The first kappa shape index (κ1) is 8.52. The van der Waals surface area contributed by atoms with Gasteiger partial charge in [-0.2, -0.15) is 0 Å². The van der Waals surface area contributed by atoms with Crippen molar-refractivity contribution in [1.82, 2.24) is 4.98 Å². The van der Waals surface area contributed by atoms with E-state index < -0.39 is 11.7 Å². The summed E-state index contributed by atoms with van der Waals surface area (Å²) in [5, 5.41) is 18.4. The van der Waals surface area contributed by atoms with Crippen LogP contribution in [0.4, 0.5) is 0 Å². The Bertz CT molecular complexity index is 310. The van der Waals surface area contributed by atoms with E-state index in [1.807, 2.05) is 0 Å². The normalized spacial score (nSPS) is 9.83. The first-order valence-corrected chi connectivity index (χ1v) is 3.43. The van der Waals surface area contributed by atoms with Gasteiger partial charge in [0.05, 0.1) is 0 Å². The third-order valence-electron chi connectivity index (χ3n) is 1.46. The summed E-state index contributed by atoms with van der Waals surface area (Å²) in [6, 6.07) is 1.33. The maximum atomic E-state index is 10.8. The highest BCUT2D eigenvalue weighted by Gasteiger charge is 2.13. The fourth-order valence-corrected chi connectivity index (χ4v) is 0.978. The van der Waals surface area contributed by atoms with E-state index in [2.05, 4.69) is 4.98 Å². The Kier molecular flexibility index (Phi) is 1.99. The number of hydrogen-bond acceptors (Lipinski definition) is 4. The largest absolute Gasteiger partial charge is 0.507 e. The van der Waals surface area contributed by atoms with E-state index in [0.717, 1.165) is 0 Å². The highest BCUT2D eigenvalue weighted by atomic mass is 16.3. The predicted octanol–water partition coefficient (Wildman–Crippen LogP) is 1.00. The molecule has 0 spiro atoms. The summed E-state index contributed by atoms with van der Waals surface area (Å²) in [5.74, 6) is -1.05. The molecular formula is C8H9NO3. The highest BCUT2D eigenvalue weighted by Crippen LogP contribution is 2.25. The van der Waals surface area contributed by atoms with E-state index in [1.165, 1.54) is 13.0 Å². The number of aryl methyl sites for hydroxylation is 1. The molecule has 12 heavy (non-hydrogen) atoms. The summed E-state index contributed by atoms with van der Waals surface area (Å²) in [6.07, 6.45) is 0. The first-order chi connectivity index (χ1) is 5.52. The van der Waals surface area contributed by atoms with Gasteiger partial charge in [0, 0.05) is 11.8 Å². The quantitative estimate of drug-likeness (QED) is 0.612. The number of rotatable bonds is 1. The maximum Gasteiger partial charge on any atom is 0.225 e. The third kappa shape index (κ3) is 1.37. The Morgan fingerprint density at radius 2 is 2.08 bits per heavy atom. The molecule has 64 valence electrons. The zero-order valence-electron chi connectivity index (χ0n) is 6.83. The molecule has 0 saturated carbocycles. The number of Topliss-reactive ketones (excluding diaryl/α,β-unsaturated/α-hetero) is 1.